The second-order valence-electron chi connectivity index (χ2n) is 25.9. The highest BCUT2D eigenvalue weighted by Gasteiger charge is 2.52. The molecule has 2 aliphatic carbocycles. The van der Waals surface area contributed by atoms with Gasteiger partial charge in [0.1, 0.15) is 33.5 Å². The standard InChI is InChI=1S/C92H55NO4/c1-7-27-56(28-8-1)58-47-52-74(69(53-58)57-29-9-2-10-30-57)93(75-54-72-83(81-67-41-21-25-45-79(67)96-89(75)81)85-70(50-48-65-63-39-19-23-43-77(63)94-87(65)85)91(72,59-31-11-3-12-32-59)60-33-13-4-14-34-60)76-55-73-84(82-68-42-22-26-46-80(68)97-90(76)82)86-71(51-49-66-64-40-20-24-44-78(64)95-88(66)86)92(73,61-35-15-5-16-36-61)62-37-17-6-18-38-62/h1-55H. The van der Waals surface area contributed by atoms with Crippen molar-refractivity contribution in [3.8, 4) is 44.5 Å². The number of hydrogen-bond acceptors (Lipinski definition) is 5. The molecule has 0 fully saturated rings. The van der Waals surface area contributed by atoms with Crippen LogP contribution >= 0.6 is 0 Å². The third-order valence-electron chi connectivity index (χ3n) is 21.2. The highest BCUT2D eigenvalue weighted by Crippen LogP contribution is 2.66. The SMILES string of the molecule is c1ccc(-c2ccc(N(c3cc4c(c5c3oc3ccccc35)-c3c(ccc5c3oc3ccccc35)C4(c3ccccc3)c3ccccc3)c3cc4c(c5c3oc3ccccc35)-c3c(ccc5c3oc3ccccc35)C4(c3ccccc3)c3ccccc3)c(-c3ccccc3)c2)cc1. The van der Waals surface area contributed by atoms with Crippen LogP contribution in [0.15, 0.2) is 351 Å². The normalized spacial score (nSPS) is 13.5. The van der Waals surface area contributed by atoms with Gasteiger partial charge < -0.3 is 22.6 Å². The van der Waals surface area contributed by atoms with E-state index >= 15 is 0 Å². The Morgan fingerprint density at radius 1 is 0.216 bits per heavy atom. The number of anilines is 3. The molecule has 452 valence electrons. The minimum atomic E-state index is -0.908. The van der Waals surface area contributed by atoms with E-state index in [0.29, 0.717) is 0 Å². The molecular weight excluding hydrogens is 1180 g/mol. The Hall–Kier alpha value is -12.7. The Morgan fingerprint density at radius 2 is 0.557 bits per heavy atom. The van der Waals surface area contributed by atoms with Crippen molar-refractivity contribution in [2.24, 2.45) is 0 Å². The maximum Gasteiger partial charge on any atom is 0.160 e. The molecule has 0 atom stereocenters. The molecule has 5 heteroatoms. The van der Waals surface area contributed by atoms with E-state index in [1.165, 1.54) is 0 Å². The summed E-state index contributed by atoms with van der Waals surface area (Å²) >= 11 is 0. The molecule has 4 heterocycles. The molecule has 15 aromatic carbocycles. The number of para-hydroxylation sites is 4. The van der Waals surface area contributed by atoms with E-state index < -0.39 is 10.8 Å². The smallest absolute Gasteiger partial charge is 0.160 e. The van der Waals surface area contributed by atoms with Crippen molar-refractivity contribution in [3.05, 3.63) is 378 Å². The van der Waals surface area contributed by atoms with Gasteiger partial charge in [-0.15, -0.1) is 0 Å². The molecule has 0 unspecified atom stereocenters. The highest BCUT2D eigenvalue weighted by molar-refractivity contribution is 6.27. The van der Waals surface area contributed by atoms with Crippen LogP contribution in [0.3, 0.4) is 0 Å². The summed E-state index contributed by atoms with van der Waals surface area (Å²) in [7, 11) is 0. The first-order valence-electron chi connectivity index (χ1n) is 33.3. The summed E-state index contributed by atoms with van der Waals surface area (Å²) in [6.07, 6.45) is 0. The molecule has 97 heavy (non-hydrogen) atoms. The molecule has 0 amide bonds. The number of benzene rings is 15. The van der Waals surface area contributed by atoms with Crippen molar-refractivity contribution in [1.82, 2.24) is 0 Å². The largest absolute Gasteiger partial charge is 0.455 e. The minimum absolute atomic E-state index is 0.719. The zero-order valence-electron chi connectivity index (χ0n) is 52.3. The van der Waals surface area contributed by atoms with Gasteiger partial charge >= 0.3 is 0 Å². The van der Waals surface area contributed by atoms with E-state index in [4.69, 9.17) is 17.7 Å². The molecule has 0 N–H and O–H groups in total. The van der Waals surface area contributed by atoms with Gasteiger partial charge in [0, 0.05) is 70.9 Å². The topological polar surface area (TPSA) is 55.8 Å². The molecule has 2 aliphatic rings. The fraction of sp³-hybridized carbons (Fsp3) is 0.0217. The molecule has 0 aliphatic heterocycles. The van der Waals surface area contributed by atoms with Crippen molar-refractivity contribution in [2.75, 3.05) is 4.90 Å². The molecule has 19 aromatic rings. The average Bonchev–Trinajstić information content (AvgIpc) is 1.51. The Bertz CT molecular complexity index is 6010. The van der Waals surface area contributed by atoms with Gasteiger partial charge in [0.25, 0.3) is 0 Å². The first-order valence-corrected chi connectivity index (χ1v) is 33.3. The summed E-state index contributed by atoms with van der Waals surface area (Å²) in [6.45, 7) is 0. The van der Waals surface area contributed by atoms with Crippen LogP contribution in [0.5, 0.6) is 0 Å². The van der Waals surface area contributed by atoms with Crippen LogP contribution in [0, 0.1) is 0 Å². The van der Waals surface area contributed by atoms with Crippen LogP contribution in [-0.2, 0) is 10.8 Å². The van der Waals surface area contributed by atoms with Crippen molar-refractivity contribution < 1.29 is 17.7 Å². The quantitative estimate of drug-likeness (QED) is 0.144. The monoisotopic (exact) mass is 1240 g/mol. The second-order valence-corrected chi connectivity index (χ2v) is 25.9. The van der Waals surface area contributed by atoms with Gasteiger partial charge in [0.15, 0.2) is 11.2 Å². The predicted octanol–water partition coefficient (Wildman–Crippen LogP) is 24.8. The molecule has 0 spiro atoms. The van der Waals surface area contributed by atoms with Crippen molar-refractivity contribution >= 4 is 105 Å². The van der Waals surface area contributed by atoms with Crippen LogP contribution in [0.2, 0.25) is 0 Å². The van der Waals surface area contributed by atoms with Crippen molar-refractivity contribution in [2.45, 2.75) is 10.8 Å². The first kappa shape index (κ1) is 53.8. The van der Waals surface area contributed by atoms with E-state index in [0.717, 1.165) is 194 Å². The molecule has 0 saturated carbocycles. The zero-order valence-corrected chi connectivity index (χ0v) is 52.3. The van der Waals surface area contributed by atoms with Crippen LogP contribution in [-0.4, -0.2) is 0 Å². The Labute approximate surface area is 557 Å². The Balaban J connectivity index is 0.995. The van der Waals surface area contributed by atoms with Gasteiger partial charge in [0.05, 0.1) is 27.9 Å². The summed E-state index contributed by atoms with van der Waals surface area (Å²) in [6, 6.07) is 121. The minimum Gasteiger partial charge on any atom is -0.455 e. The lowest BCUT2D eigenvalue weighted by atomic mass is 9.67. The van der Waals surface area contributed by atoms with E-state index in [-0.39, 0.29) is 0 Å². The molecule has 4 aromatic heterocycles. The predicted molar refractivity (Wildman–Crippen MR) is 396 cm³/mol. The third-order valence-corrected chi connectivity index (χ3v) is 21.2. The zero-order chi connectivity index (χ0) is 63.5. The number of furan rings is 4. The van der Waals surface area contributed by atoms with E-state index in [1.54, 1.807) is 0 Å². The van der Waals surface area contributed by atoms with Crippen LogP contribution in [0.1, 0.15) is 44.5 Å². The number of hydrogen-bond donors (Lipinski definition) is 0. The van der Waals surface area contributed by atoms with Crippen molar-refractivity contribution in [1.29, 1.82) is 0 Å². The molecular formula is C92H55NO4. The Morgan fingerprint density at radius 3 is 0.969 bits per heavy atom. The van der Waals surface area contributed by atoms with Gasteiger partial charge in [-0.25, -0.2) is 0 Å². The van der Waals surface area contributed by atoms with Gasteiger partial charge in [-0.1, -0.05) is 285 Å². The summed E-state index contributed by atoms with van der Waals surface area (Å²) in [4.78, 5) is 2.51. The van der Waals surface area contributed by atoms with Crippen LogP contribution in [0.4, 0.5) is 17.1 Å². The summed E-state index contributed by atoms with van der Waals surface area (Å²) in [5.74, 6) is 0. The summed E-state index contributed by atoms with van der Waals surface area (Å²) < 4.78 is 30.2. The third kappa shape index (κ3) is 7.32. The number of rotatable bonds is 9. The van der Waals surface area contributed by atoms with E-state index in [2.05, 4.69) is 339 Å². The molecule has 0 bridgehead atoms. The lowest BCUT2D eigenvalue weighted by Gasteiger charge is -2.36. The van der Waals surface area contributed by atoms with Crippen LogP contribution < -0.4 is 4.90 Å². The van der Waals surface area contributed by atoms with Crippen molar-refractivity contribution in [3.63, 3.8) is 0 Å². The first-order chi connectivity index (χ1) is 48.1. The Kier molecular flexibility index (Phi) is 11.3. The van der Waals surface area contributed by atoms with Gasteiger partial charge in [0.2, 0.25) is 0 Å². The van der Waals surface area contributed by atoms with E-state index in [9.17, 15) is 0 Å². The maximum atomic E-state index is 7.79. The highest BCUT2D eigenvalue weighted by atomic mass is 16.3. The molecule has 5 nitrogen and oxygen atoms in total. The summed E-state index contributed by atoms with van der Waals surface area (Å²) in [5, 5.41) is 8.22. The molecule has 0 radical (unpaired) electrons. The van der Waals surface area contributed by atoms with Gasteiger partial charge in [-0.3, -0.25) is 0 Å². The van der Waals surface area contributed by atoms with Gasteiger partial charge in [-0.2, -0.15) is 0 Å². The summed E-state index contributed by atoms with van der Waals surface area (Å²) in [5.41, 5.74) is 24.6. The van der Waals surface area contributed by atoms with Gasteiger partial charge in [-0.05, 0) is 110 Å². The van der Waals surface area contributed by atoms with Crippen LogP contribution in [0.25, 0.3) is 132 Å². The average molecular weight is 1240 g/mol. The lowest BCUT2D eigenvalue weighted by molar-refractivity contribution is 0.665. The van der Waals surface area contributed by atoms with E-state index in [1.807, 2.05) is 0 Å². The number of nitrogens with zero attached hydrogens (tertiary/aromatic N) is 1. The number of fused-ring (bicyclic) bond motifs is 22. The fourth-order valence-electron chi connectivity index (χ4n) is 17.3. The second kappa shape index (κ2) is 20.4. The lowest BCUT2D eigenvalue weighted by Crippen LogP contribution is -2.29. The maximum absolute atomic E-state index is 7.79. The molecule has 0 saturated heterocycles. The fourth-order valence-corrected chi connectivity index (χ4v) is 17.3. The molecule has 21 rings (SSSR count).